The molecule has 0 heterocycles. The maximum atomic E-state index is 11.7. The lowest BCUT2D eigenvalue weighted by Gasteiger charge is -2.10. The standard InChI is InChI=1S/C12H14O7S/c1-7(2)19-12(14)9-4-8(11(13)18-3)5-10(6-9)20(15,16)17/h4-7H,1-3H3,(H,15,16,17). The van der Waals surface area contributed by atoms with Crippen molar-refractivity contribution in [2.45, 2.75) is 24.8 Å². The fourth-order valence-electron chi connectivity index (χ4n) is 1.38. The van der Waals surface area contributed by atoms with Crippen LogP contribution in [0.4, 0.5) is 0 Å². The molecule has 1 aromatic rings. The fraction of sp³-hybridized carbons (Fsp3) is 0.333. The maximum absolute atomic E-state index is 11.7. The first-order valence-corrected chi connectivity index (χ1v) is 7.01. The molecule has 0 aliphatic rings. The Labute approximate surface area is 116 Å². The largest absolute Gasteiger partial charge is 0.465 e. The SMILES string of the molecule is COC(=O)c1cc(C(=O)OC(C)C)cc(S(=O)(=O)O)c1. The maximum Gasteiger partial charge on any atom is 0.338 e. The number of carbonyl (C=O) groups is 2. The molecule has 1 aromatic carbocycles. The van der Waals surface area contributed by atoms with Crippen molar-refractivity contribution in [2.75, 3.05) is 7.11 Å². The van der Waals surface area contributed by atoms with Crippen LogP contribution in [0, 0.1) is 0 Å². The zero-order valence-corrected chi connectivity index (χ0v) is 11.9. The second-order valence-electron chi connectivity index (χ2n) is 4.17. The van der Waals surface area contributed by atoms with Gasteiger partial charge in [-0.25, -0.2) is 9.59 Å². The lowest BCUT2D eigenvalue weighted by molar-refractivity contribution is 0.0377. The zero-order valence-electron chi connectivity index (χ0n) is 11.1. The van der Waals surface area contributed by atoms with Gasteiger partial charge in [-0.15, -0.1) is 0 Å². The molecule has 0 radical (unpaired) electrons. The third kappa shape index (κ3) is 4.04. The van der Waals surface area contributed by atoms with E-state index in [1.165, 1.54) is 0 Å². The summed E-state index contributed by atoms with van der Waals surface area (Å²) in [6, 6.07) is 2.96. The van der Waals surface area contributed by atoms with Crippen LogP contribution in [-0.4, -0.2) is 38.1 Å². The Morgan fingerprint density at radius 1 is 1.10 bits per heavy atom. The van der Waals surface area contributed by atoms with E-state index >= 15 is 0 Å². The second kappa shape index (κ2) is 6.02. The average molecular weight is 302 g/mol. The lowest BCUT2D eigenvalue weighted by Crippen LogP contribution is -2.14. The molecule has 0 saturated carbocycles. The first kappa shape index (κ1) is 16.1. The molecule has 0 spiro atoms. The van der Waals surface area contributed by atoms with Gasteiger partial charge in [0.05, 0.1) is 29.2 Å². The van der Waals surface area contributed by atoms with Gasteiger partial charge in [-0.3, -0.25) is 4.55 Å². The molecule has 0 bridgehead atoms. The van der Waals surface area contributed by atoms with Crippen molar-refractivity contribution in [1.29, 1.82) is 0 Å². The van der Waals surface area contributed by atoms with Crippen molar-refractivity contribution < 1.29 is 32.0 Å². The predicted octanol–water partition coefficient (Wildman–Crippen LogP) is 1.29. The fourth-order valence-corrected chi connectivity index (χ4v) is 1.94. The normalized spacial score (nSPS) is 11.2. The van der Waals surface area contributed by atoms with E-state index in [2.05, 4.69) is 4.74 Å². The van der Waals surface area contributed by atoms with Gasteiger partial charge < -0.3 is 9.47 Å². The summed E-state index contributed by atoms with van der Waals surface area (Å²) in [7, 11) is -3.46. The molecule has 0 unspecified atom stereocenters. The Morgan fingerprint density at radius 3 is 2.00 bits per heavy atom. The number of carbonyl (C=O) groups excluding carboxylic acids is 2. The van der Waals surface area contributed by atoms with Gasteiger partial charge >= 0.3 is 11.9 Å². The van der Waals surface area contributed by atoms with Crippen LogP contribution in [0.25, 0.3) is 0 Å². The summed E-state index contributed by atoms with van der Waals surface area (Å²) in [5, 5.41) is 0. The van der Waals surface area contributed by atoms with Crippen LogP contribution >= 0.6 is 0 Å². The summed E-state index contributed by atoms with van der Waals surface area (Å²) in [5.41, 5.74) is -0.354. The molecular formula is C12H14O7S. The second-order valence-corrected chi connectivity index (χ2v) is 5.59. The molecule has 0 aliphatic carbocycles. The number of rotatable bonds is 4. The van der Waals surface area contributed by atoms with Crippen LogP contribution in [-0.2, 0) is 19.6 Å². The van der Waals surface area contributed by atoms with Crippen molar-refractivity contribution in [3.63, 3.8) is 0 Å². The van der Waals surface area contributed by atoms with Gasteiger partial charge in [0.25, 0.3) is 10.1 Å². The molecule has 20 heavy (non-hydrogen) atoms. The van der Waals surface area contributed by atoms with E-state index in [1.54, 1.807) is 13.8 Å². The Hall–Kier alpha value is -1.93. The highest BCUT2D eigenvalue weighted by Gasteiger charge is 2.20. The van der Waals surface area contributed by atoms with Crippen molar-refractivity contribution in [3.05, 3.63) is 29.3 Å². The number of methoxy groups -OCH3 is 1. The van der Waals surface area contributed by atoms with E-state index in [1.807, 2.05) is 0 Å². The third-order valence-electron chi connectivity index (χ3n) is 2.20. The zero-order chi connectivity index (χ0) is 15.5. The molecular weight excluding hydrogens is 288 g/mol. The summed E-state index contributed by atoms with van der Waals surface area (Å²) >= 11 is 0. The smallest absolute Gasteiger partial charge is 0.338 e. The molecule has 0 aliphatic heterocycles. The van der Waals surface area contributed by atoms with Crippen molar-refractivity contribution in [1.82, 2.24) is 0 Å². The van der Waals surface area contributed by atoms with Gasteiger partial charge in [-0.2, -0.15) is 8.42 Å². The molecule has 0 aromatic heterocycles. The quantitative estimate of drug-likeness (QED) is 0.659. The minimum atomic E-state index is -4.57. The Balaban J connectivity index is 3.38. The Kier molecular flexibility index (Phi) is 4.85. The topological polar surface area (TPSA) is 107 Å². The molecule has 110 valence electrons. The summed E-state index contributed by atoms with van der Waals surface area (Å²) in [6.45, 7) is 3.23. The first-order valence-electron chi connectivity index (χ1n) is 5.57. The summed E-state index contributed by atoms with van der Waals surface area (Å²) in [5.74, 6) is -1.65. The number of hydrogen-bond acceptors (Lipinski definition) is 6. The van der Waals surface area contributed by atoms with Gasteiger partial charge in [-0.05, 0) is 32.0 Å². The summed E-state index contributed by atoms with van der Waals surface area (Å²) < 4.78 is 40.7. The van der Waals surface area contributed by atoms with Crippen LogP contribution in [0.5, 0.6) is 0 Å². The number of ether oxygens (including phenoxy) is 2. The van der Waals surface area contributed by atoms with E-state index in [0.29, 0.717) is 0 Å². The third-order valence-corrected chi connectivity index (χ3v) is 3.04. The van der Waals surface area contributed by atoms with Crippen LogP contribution in [0.3, 0.4) is 0 Å². The molecule has 8 heteroatoms. The number of esters is 2. The molecule has 0 amide bonds. The van der Waals surface area contributed by atoms with Gasteiger partial charge in [-0.1, -0.05) is 0 Å². The van der Waals surface area contributed by atoms with E-state index < -0.39 is 33.1 Å². The van der Waals surface area contributed by atoms with Crippen LogP contribution < -0.4 is 0 Å². The van der Waals surface area contributed by atoms with Crippen molar-refractivity contribution >= 4 is 22.1 Å². The Bertz CT molecular complexity index is 631. The first-order chi connectivity index (χ1) is 9.15. The van der Waals surface area contributed by atoms with Crippen molar-refractivity contribution in [3.8, 4) is 0 Å². The van der Waals surface area contributed by atoms with Crippen LogP contribution in [0.15, 0.2) is 23.1 Å². The van der Waals surface area contributed by atoms with Gasteiger partial charge in [0.15, 0.2) is 0 Å². The highest BCUT2D eigenvalue weighted by atomic mass is 32.2. The molecule has 1 rings (SSSR count). The highest BCUT2D eigenvalue weighted by molar-refractivity contribution is 7.85. The average Bonchev–Trinajstić information content (AvgIpc) is 2.35. The van der Waals surface area contributed by atoms with E-state index in [0.717, 1.165) is 25.3 Å². The lowest BCUT2D eigenvalue weighted by atomic mass is 10.1. The molecule has 0 saturated heterocycles. The number of benzene rings is 1. The van der Waals surface area contributed by atoms with Crippen LogP contribution in [0.1, 0.15) is 34.6 Å². The molecule has 0 atom stereocenters. The summed E-state index contributed by atoms with van der Waals surface area (Å²) in [6.07, 6.45) is -0.418. The van der Waals surface area contributed by atoms with Crippen LogP contribution in [0.2, 0.25) is 0 Å². The van der Waals surface area contributed by atoms with Gasteiger partial charge in [0.2, 0.25) is 0 Å². The monoisotopic (exact) mass is 302 g/mol. The highest BCUT2D eigenvalue weighted by Crippen LogP contribution is 2.17. The predicted molar refractivity (Wildman–Crippen MR) is 68.1 cm³/mol. The molecule has 0 fully saturated rings. The van der Waals surface area contributed by atoms with Crippen molar-refractivity contribution in [2.24, 2.45) is 0 Å². The van der Waals surface area contributed by atoms with E-state index in [-0.39, 0.29) is 11.1 Å². The van der Waals surface area contributed by atoms with Gasteiger partial charge in [0.1, 0.15) is 0 Å². The minimum Gasteiger partial charge on any atom is -0.465 e. The van der Waals surface area contributed by atoms with E-state index in [4.69, 9.17) is 9.29 Å². The summed E-state index contributed by atoms with van der Waals surface area (Å²) in [4.78, 5) is 22.6. The van der Waals surface area contributed by atoms with Gasteiger partial charge in [0, 0.05) is 0 Å². The Morgan fingerprint density at radius 2 is 1.60 bits per heavy atom. The van der Waals surface area contributed by atoms with E-state index in [9.17, 15) is 18.0 Å². The number of hydrogen-bond donors (Lipinski definition) is 1. The minimum absolute atomic E-state index is 0.172. The molecule has 7 nitrogen and oxygen atoms in total. The molecule has 1 N–H and O–H groups in total.